The van der Waals surface area contributed by atoms with Crippen LogP contribution in [-0.2, 0) is 11.3 Å². The molecule has 2 N–H and O–H groups in total. The normalized spacial score (nSPS) is 17.3. The number of hydrogen-bond donors (Lipinski definition) is 1. The number of carbonyl (C=O) groups excluding carboxylic acids is 1. The van der Waals surface area contributed by atoms with Crippen molar-refractivity contribution in [2.75, 3.05) is 10.6 Å². The predicted octanol–water partition coefficient (Wildman–Crippen LogP) is 2.97. The Morgan fingerprint density at radius 2 is 1.90 bits per heavy atom. The summed E-state index contributed by atoms with van der Waals surface area (Å²) >= 11 is 0. The van der Waals surface area contributed by atoms with Crippen LogP contribution in [0, 0.1) is 0 Å². The Hall–Kier alpha value is -2.49. The highest BCUT2D eigenvalue weighted by Crippen LogP contribution is 2.40. The molecule has 0 aliphatic carbocycles. The first-order chi connectivity index (χ1) is 10.2. The van der Waals surface area contributed by atoms with Gasteiger partial charge in [0.15, 0.2) is 6.10 Å². The van der Waals surface area contributed by atoms with Gasteiger partial charge in [-0.3, -0.25) is 9.69 Å². The first kappa shape index (κ1) is 13.5. The number of carbonyl (C=O) groups is 1. The number of para-hydroxylation sites is 1. The molecule has 0 saturated carbocycles. The number of nitrogens with zero attached hydrogens (tertiary/aromatic N) is 1. The van der Waals surface area contributed by atoms with Crippen molar-refractivity contribution in [3.05, 3.63) is 54.1 Å². The summed E-state index contributed by atoms with van der Waals surface area (Å²) in [5, 5.41) is 0. The maximum atomic E-state index is 12.6. The van der Waals surface area contributed by atoms with Crippen LogP contribution in [0.4, 0.5) is 11.4 Å². The number of nitrogen functional groups attached to an aromatic ring is 1. The van der Waals surface area contributed by atoms with Gasteiger partial charge in [0.25, 0.3) is 5.91 Å². The topological polar surface area (TPSA) is 55.6 Å². The largest absolute Gasteiger partial charge is 0.478 e. The van der Waals surface area contributed by atoms with E-state index >= 15 is 0 Å². The number of fused-ring (bicyclic) bond motifs is 1. The number of rotatable bonds is 3. The minimum atomic E-state index is -0.442. The molecule has 0 aromatic heterocycles. The van der Waals surface area contributed by atoms with Crippen LogP contribution in [0.3, 0.4) is 0 Å². The van der Waals surface area contributed by atoms with E-state index in [4.69, 9.17) is 10.5 Å². The molecule has 1 heterocycles. The van der Waals surface area contributed by atoms with Gasteiger partial charge in [-0.15, -0.1) is 0 Å². The van der Waals surface area contributed by atoms with Crippen molar-refractivity contribution < 1.29 is 9.53 Å². The Morgan fingerprint density at radius 1 is 1.14 bits per heavy atom. The second-order valence-electron chi connectivity index (χ2n) is 5.12. The fourth-order valence-electron chi connectivity index (χ4n) is 2.59. The van der Waals surface area contributed by atoms with E-state index in [2.05, 4.69) is 0 Å². The molecule has 1 unspecified atom stereocenters. The summed E-state index contributed by atoms with van der Waals surface area (Å²) in [6, 6.07) is 15.4. The van der Waals surface area contributed by atoms with Gasteiger partial charge < -0.3 is 10.5 Å². The van der Waals surface area contributed by atoms with Crippen LogP contribution in [0.15, 0.2) is 48.5 Å². The molecule has 2 aromatic carbocycles. The summed E-state index contributed by atoms with van der Waals surface area (Å²) in [5.41, 5.74) is 8.37. The van der Waals surface area contributed by atoms with Crippen molar-refractivity contribution in [2.24, 2.45) is 0 Å². The molecule has 1 amide bonds. The lowest BCUT2D eigenvalue weighted by Crippen LogP contribution is -2.45. The van der Waals surface area contributed by atoms with Gasteiger partial charge in [0.1, 0.15) is 11.4 Å². The van der Waals surface area contributed by atoms with E-state index in [1.165, 1.54) is 0 Å². The second-order valence-corrected chi connectivity index (χ2v) is 5.12. The molecule has 21 heavy (non-hydrogen) atoms. The quantitative estimate of drug-likeness (QED) is 0.881. The average molecular weight is 282 g/mol. The third kappa shape index (κ3) is 2.44. The first-order valence-corrected chi connectivity index (χ1v) is 7.11. The fraction of sp³-hybridized carbons (Fsp3) is 0.235. The zero-order valence-corrected chi connectivity index (χ0v) is 12.0. The minimum absolute atomic E-state index is 0.0354. The van der Waals surface area contributed by atoms with Crippen LogP contribution < -0.4 is 15.4 Å². The SMILES string of the molecule is CCC1Oc2cccc(N)c2N(Cc2ccccc2)C1=O. The van der Waals surface area contributed by atoms with Crippen LogP contribution in [0.2, 0.25) is 0 Å². The van der Waals surface area contributed by atoms with Crippen LogP contribution in [0.5, 0.6) is 5.75 Å². The zero-order valence-electron chi connectivity index (χ0n) is 12.0. The van der Waals surface area contributed by atoms with Crippen molar-refractivity contribution >= 4 is 17.3 Å². The van der Waals surface area contributed by atoms with E-state index in [0.717, 1.165) is 5.56 Å². The minimum Gasteiger partial charge on any atom is -0.478 e. The Morgan fingerprint density at radius 3 is 2.62 bits per heavy atom. The number of amides is 1. The summed E-state index contributed by atoms with van der Waals surface area (Å²) < 4.78 is 5.77. The fourth-order valence-corrected chi connectivity index (χ4v) is 2.59. The lowest BCUT2D eigenvalue weighted by Gasteiger charge is -2.35. The number of nitrogens with two attached hydrogens (primary N) is 1. The van der Waals surface area contributed by atoms with E-state index in [-0.39, 0.29) is 5.91 Å². The van der Waals surface area contributed by atoms with Gasteiger partial charge in [0, 0.05) is 0 Å². The van der Waals surface area contributed by atoms with Crippen molar-refractivity contribution in [2.45, 2.75) is 26.0 Å². The first-order valence-electron chi connectivity index (χ1n) is 7.11. The summed E-state index contributed by atoms with van der Waals surface area (Å²) in [6.45, 7) is 2.45. The Balaban J connectivity index is 2.03. The van der Waals surface area contributed by atoms with E-state index in [0.29, 0.717) is 30.1 Å². The Labute approximate surface area is 124 Å². The van der Waals surface area contributed by atoms with E-state index in [1.54, 1.807) is 11.0 Å². The smallest absolute Gasteiger partial charge is 0.268 e. The molecule has 4 nitrogen and oxygen atoms in total. The molecule has 0 fully saturated rings. The molecule has 3 rings (SSSR count). The summed E-state index contributed by atoms with van der Waals surface area (Å²) in [4.78, 5) is 14.4. The lowest BCUT2D eigenvalue weighted by molar-refractivity contribution is -0.126. The third-order valence-electron chi connectivity index (χ3n) is 3.67. The highest BCUT2D eigenvalue weighted by atomic mass is 16.5. The predicted molar refractivity (Wildman–Crippen MR) is 83.2 cm³/mol. The van der Waals surface area contributed by atoms with Crippen molar-refractivity contribution in [1.29, 1.82) is 0 Å². The Kier molecular flexibility index (Phi) is 3.52. The molecular formula is C17H18N2O2. The van der Waals surface area contributed by atoms with E-state index < -0.39 is 6.10 Å². The Bertz CT molecular complexity index is 655. The van der Waals surface area contributed by atoms with Gasteiger partial charge in [-0.1, -0.05) is 43.3 Å². The van der Waals surface area contributed by atoms with Crippen LogP contribution >= 0.6 is 0 Å². The molecule has 1 atom stereocenters. The van der Waals surface area contributed by atoms with E-state index in [1.807, 2.05) is 49.4 Å². The molecule has 0 radical (unpaired) electrons. The molecule has 0 saturated heterocycles. The van der Waals surface area contributed by atoms with Gasteiger partial charge >= 0.3 is 0 Å². The number of benzene rings is 2. The van der Waals surface area contributed by atoms with Crippen LogP contribution in [0.25, 0.3) is 0 Å². The van der Waals surface area contributed by atoms with Crippen LogP contribution in [-0.4, -0.2) is 12.0 Å². The zero-order chi connectivity index (χ0) is 14.8. The lowest BCUT2D eigenvalue weighted by atomic mass is 10.1. The maximum absolute atomic E-state index is 12.6. The standard InChI is InChI=1S/C17H18N2O2/c1-2-14-17(20)19(11-12-7-4-3-5-8-12)16-13(18)9-6-10-15(16)21-14/h3-10,14H,2,11,18H2,1H3. The number of hydrogen-bond acceptors (Lipinski definition) is 3. The van der Waals surface area contributed by atoms with E-state index in [9.17, 15) is 4.79 Å². The second kappa shape index (κ2) is 5.48. The van der Waals surface area contributed by atoms with Crippen molar-refractivity contribution in [3.8, 4) is 5.75 Å². The molecule has 0 bridgehead atoms. The van der Waals surface area contributed by atoms with Gasteiger partial charge in [0.2, 0.25) is 0 Å². The molecule has 2 aromatic rings. The van der Waals surface area contributed by atoms with Gasteiger partial charge in [-0.05, 0) is 24.1 Å². The summed E-state index contributed by atoms with van der Waals surface area (Å²) in [6.07, 6.45) is 0.196. The third-order valence-corrected chi connectivity index (χ3v) is 3.67. The average Bonchev–Trinajstić information content (AvgIpc) is 2.51. The highest BCUT2D eigenvalue weighted by molar-refractivity contribution is 6.02. The highest BCUT2D eigenvalue weighted by Gasteiger charge is 2.34. The molecule has 1 aliphatic rings. The summed E-state index contributed by atoms with van der Waals surface area (Å²) in [7, 11) is 0. The molecule has 108 valence electrons. The number of anilines is 2. The monoisotopic (exact) mass is 282 g/mol. The molecular weight excluding hydrogens is 264 g/mol. The van der Waals surface area contributed by atoms with Crippen LogP contribution in [0.1, 0.15) is 18.9 Å². The number of ether oxygens (including phenoxy) is 1. The molecule has 1 aliphatic heterocycles. The van der Waals surface area contributed by atoms with Gasteiger partial charge in [-0.25, -0.2) is 0 Å². The molecule has 4 heteroatoms. The molecule has 0 spiro atoms. The van der Waals surface area contributed by atoms with Gasteiger partial charge in [-0.2, -0.15) is 0 Å². The van der Waals surface area contributed by atoms with Crippen molar-refractivity contribution in [3.63, 3.8) is 0 Å². The maximum Gasteiger partial charge on any atom is 0.268 e. The van der Waals surface area contributed by atoms with Crippen molar-refractivity contribution in [1.82, 2.24) is 0 Å². The van der Waals surface area contributed by atoms with Gasteiger partial charge in [0.05, 0.1) is 12.2 Å². The summed E-state index contributed by atoms with van der Waals surface area (Å²) in [5.74, 6) is 0.643.